The van der Waals surface area contributed by atoms with E-state index in [4.69, 9.17) is 0 Å². The van der Waals surface area contributed by atoms with Crippen LogP contribution in [0.2, 0.25) is 0 Å². The second-order valence-electron chi connectivity index (χ2n) is 4.90. The molecule has 0 heterocycles. The molecule has 0 saturated heterocycles. The lowest BCUT2D eigenvalue weighted by Gasteiger charge is -2.35. The Labute approximate surface area is 99.0 Å². The molecule has 1 aromatic carbocycles. The Kier molecular flexibility index (Phi) is 2.72. The van der Waals surface area contributed by atoms with Crippen LogP contribution in [0.1, 0.15) is 43.7 Å². The Morgan fingerprint density at radius 2 is 2.20 bits per heavy atom. The van der Waals surface area contributed by atoms with Gasteiger partial charge in [-0.3, -0.25) is 0 Å². The molecule has 0 spiro atoms. The predicted molar refractivity (Wildman–Crippen MR) is 65.2 cm³/mol. The van der Waals surface area contributed by atoms with Crippen molar-refractivity contribution in [2.75, 3.05) is 0 Å². The van der Waals surface area contributed by atoms with E-state index in [0.717, 1.165) is 23.6 Å². The zero-order valence-electron chi connectivity index (χ0n) is 9.09. The van der Waals surface area contributed by atoms with Gasteiger partial charge < -0.3 is 4.79 Å². The van der Waals surface area contributed by atoms with Gasteiger partial charge in [-0.15, -0.1) is 0 Å². The normalized spacial score (nSPS) is 23.3. The first-order valence-corrected chi connectivity index (χ1v) is 6.09. The van der Waals surface area contributed by atoms with E-state index in [2.05, 4.69) is 41.9 Å². The highest BCUT2D eigenvalue weighted by molar-refractivity contribution is 9.10. The van der Waals surface area contributed by atoms with Gasteiger partial charge in [0, 0.05) is 10.4 Å². The van der Waals surface area contributed by atoms with Crippen LogP contribution in [0.4, 0.5) is 0 Å². The van der Waals surface area contributed by atoms with Gasteiger partial charge in [0.25, 0.3) is 0 Å². The van der Waals surface area contributed by atoms with Gasteiger partial charge in [-0.1, -0.05) is 35.8 Å². The van der Waals surface area contributed by atoms with E-state index in [9.17, 15) is 4.79 Å². The van der Waals surface area contributed by atoms with Gasteiger partial charge in [-0.2, -0.15) is 0 Å². The number of hydrogen-bond acceptors (Lipinski definition) is 1. The van der Waals surface area contributed by atoms with Crippen LogP contribution in [0.3, 0.4) is 0 Å². The van der Waals surface area contributed by atoms with Crippen LogP contribution < -0.4 is 0 Å². The number of fused-ring (bicyclic) bond motifs is 1. The van der Waals surface area contributed by atoms with Gasteiger partial charge in [0.05, 0.1) is 0 Å². The topological polar surface area (TPSA) is 17.1 Å². The van der Waals surface area contributed by atoms with Gasteiger partial charge in [-0.05, 0) is 41.5 Å². The summed E-state index contributed by atoms with van der Waals surface area (Å²) in [5, 5.41) is 0. The summed E-state index contributed by atoms with van der Waals surface area (Å²) in [4.78, 5) is 11.0. The van der Waals surface area contributed by atoms with Gasteiger partial charge >= 0.3 is 0 Å². The summed E-state index contributed by atoms with van der Waals surface area (Å²) in [6.45, 7) is 4.50. The molecule has 0 aromatic heterocycles. The molecule has 80 valence electrons. The van der Waals surface area contributed by atoms with Crippen LogP contribution in [0.5, 0.6) is 0 Å². The predicted octanol–water partition coefficient (Wildman–Crippen LogP) is 3.80. The molecule has 1 atom stereocenters. The number of rotatable bonds is 1. The molecule has 0 N–H and O–H groups in total. The standard InChI is InChI=1S/C13H15BrO/c1-13(2)6-5-9(8-15)11-4-3-10(14)7-12(11)13/h3-4,7-9H,5-6H2,1-2H3. The quantitative estimate of drug-likeness (QED) is 0.707. The van der Waals surface area contributed by atoms with Crippen molar-refractivity contribution in [3.63, 3.8) is 0 Å². The first-order valence-electron chi connectivity index (χ1n) is 5.30. The Balaban J connectivity index is 2.58. The largest absolute Gasteiger partial charge is 0.303 e. The fourth-order valence-electron chi connectivity index (χ4n) is 2.39. The Bertz CT molecular complexity index is 396. The Hall–Kier alpha value is -0.630. The molecule has 15 heavy (non-hydrogen) atoms. The fourth-order valence-corrected chi connectivity index (χ4v) is 2.75. The van der Waals surface area contributed by atoms with Crippen LogP contribution in [0.25, 0.3) is 0 Å². The van der Waals surface area contributed by atoms with Gasteiger partial charge in [-0.25, -0.2) is 0 Å². The fraction of sp³-hybridized carbons (Fsp3) is 0.462. The van der Waals surface area contributed by atoms with E-state index in [-0.39, 0.29) is 11.3 Å². The maximum Gasteiger partial charge on any atom is 0.127 e. The molecule has 1 aliphatic rings. The average molecular weight is 267 g/mol. The number of aldehydes is 1. The molecule has 1 aromatic rings. The van der Waals surface area contributed by atoms with Gasteiger partial charge in [0.15, 0.2) is 0 Å². The third-order valence-corrected chi connectivity index (χ3v) is 3.88. The van der Waals surface area contributed by atoms with Crippen LogP contribution in [-0.4, -0.2) is 6.29 Å². The summed E-state index contributed by atoms with van der Waals surface area (Å²) < 4.78 is 1.10. The summed E-state index contributed by atoms with van der Waals surface area (Å²) in [6, 6.07) is 6.26. The van der Waals surface area contributed by atoms with E-state index < -0.39 is 0 Å². The van der Waals surface area contributed by atoms with E-state index in [1.165, 1.54) is 11.1 Å². The van der Waals surface area contributed by atoms with Crippen molar-refractivity contribution >= 4 is 22.2 Å². The smallest absolute Gasteiger partial charge is 0.127 e. The van der Waals surface area contributed by atoms with Crippen molar-refractivity contribution in [2.24, 2.45) is 0 Å². The average Bonchev–Trinajstić information content (AvgIpc) is 2.19. The Morgan fingerprint density at radius 1 is 1.47 bits per heavy atom. The molecule has 0 saturated carbocycles. The molecule has 0 fully saturated rings. The second-order valence-corrected chi connectivity index (χ2v) is 5.81. The minimum atomic E-state index is 0.0983. The summed E-state index contributed by atoms with van der Waals surface area (Å²) in [7, 11) is 0. The summed E-state index contributed by atoms with van der Waals surface area (Å²) >= 11 is 3.50. The summed E-state index contributed by atoms with van der Waals surface area (Å²) in [5.74, 6) is 0.0983. The molecule has 1 aliphatic carbocycles. The van der Waals surface area contributed by atoms with Crippen LogP contribution >= 0.6 is 15.9 Å². The van der Waals surface area contributed by atoms with Crippen molar-refractivity contribution < 1.29 is 4.79 Å². The molecule has 2 heteroatoms. The first kappa shape index (κ1) is 10.9. The summed E-state index contributed by atoms with van der Waals surface area (Å²) in [5.41, 5.74) is 2.73. The zero-order chi connectivity index (χ0) is 11.1. The minimum Gasteiger partial charge on any atom is -0.303 e. The highest BCUT2D eigenvalue weighted by Gasteiger charge is 2.32. The molecular weight excluding hydrogens is 252 g/mol. The van der Waals surface area contributed by atoms with E-state index >= 15 is 0 Å². The first-order chi connectivity index (χ1) is 7.04. The number of hydrogen-bond donors (Lipinski definition) is 0. The lowest BCUT2D eigenvalue weighted by atomic mass is 9.69. The van der Waals surface area contributed by atoms with Crippen LogP contribution in [-0.2, 0) is 10.2 Å². The lowest BCUT2D eigenvalue weighted by molar-refractivity contribution is -0.109. The van der Waals surface area contributed by atoms with Crippen LogP contribution in [0, 0.1) is 0 Å². The highest BCUT2D eigenvalue weighted by Crippen LogP contribution is 2.42. The van der Waals surface area contributed by atoms with Crippen molar-refractivity contribution in [3.8, 4) is 0 Å². The Morgan fingerprint density at radius 3 is 2.87 bits per heavy atom. The number of carbonyl (C=O) groups is 1. The molecule has 1 unspecified atom stereocenters. The van der Waals surface area contributed by atoms with Crippen molar-refractivity contribution in [1.29, 1.82) is 0 Å². The number of benzene rings is 1. The van der Waals surface area contributed by atoms with Crippen LogP contribution in [0.15, 0.2) is 22.7 Å². The third-order valence-electron chi connectivity index (χ3n) is 3.39. The maximum absolute atomic E-state index is 11.0. The summed E-state index contributed by atoms with van der Waals surface area (Å²) in [6.07, 6.45) is 3.15. The second kappa shape index (κ2) is 3.75. The highest BCUT2D eigenvalue weighted by atomic mass is 79.9. The van der Waals surface area contributed by atoms with Gasteiger partial charge in [0.1, 0.15) is 6.29 Å². The molecule has 0 amide bonds. The molecule has 0 radical (unpaired) electrons. The zero-order valence-corrected chi connectivity index (χ0v) is 10.7. The maximum atomic E-state index is 11.0. The minimum absolute atomic E-state index is 0.0983. The monoisotopic (exact) mass is 266 g/mol. The number of halogens is 1. The van der Waals surface area contributed by atoms with Crippen molar-refractivity contribution in [2.45, 2.75) is 38.0 Å². The number of carbonyl (C=O) groups excluding carboxylic acids is 1. The molecular formula is C13H15BrO. The van der Waals surface area contributed by atoms with E-state index in [1.54, 1.807) is 0 Å². The molecule has 0 aliphatic heterocycles. The molecule has 0 bridgehead atoms. The van der Waals surface area contributed by atoms with E-state index in [0.29, 0.717) is 0 Å². The lowest BCUT2D eigenvalue weighted by Crippen LogP contribution is -2.26. The van der Waals surface area contributed by atoms with Crippen molar-refractivity contribution in [1.82, 2.24) is 0 Å². The third kappa shape index (κ3) is 1.87. The molecule has 1 nitrogen and oxygen atoms in total. The molecule has 2 rings (SSSR count). The van der Waals surface area contributed by atoms with E-state index in [1.807, 2.05) is 6.07 Å². The van der Waals surface area contributed by atoms with Crippen molar-refractivity contribution in [3.05, 3.63) is 33.8 Å². The SMILES string of the molecule is CC1(C)CCC(C=O)c2ccc(Br)cc21. The van der Waals surface area contributed by atoms with Gasteiger partial charge in [0.2, 0.25) is 0 Å².